The first-order valence-corrected chi connectivity index (χ1v) is 14.2. The zero-order valence-electron chi connectivity index (χ0n) is 24.1. The number of nitrogens with zero attached hydrogens (tertiary/aromatic N) is 3. The molecule has 43 heavy (non-hydrogen) atoms. The van der Waals surface area contributed by atoms with Crippen LogP contribution in [0.15, 0.2) is 97.2 Å². The van der Waals surface area contributed by atoms with Crippen molar-refractivity contribution in [2.24, 2.45) is 0 Å². The number of esters is 1. The van der Waals surface area contributed by atoms with Crippen molar-refractivity contribution in [2.45, 2.75) is 26.6 Å². The predicted molar refractivity (Wildman–Crippen MR) is 168 cm³/mol. The van der Waals surface area contributed by atoms with Gasteiger partial charge in [-0.25, -0.2) is 9.67 Å². The number of methoxy groups -OCH3 is 1. The van der Waals surface area contributed by atoms with Crippen molar-refractivity contribution >= 4 is 33.5 Å². The van der Waals surface area contributed by atoms with Crippen molar-refractivity contribution < 1.29 is 19.0 Å². The highest BCUT2D eigenvalue weighted by Crippen LogP contribution is 2.34. The number of rotatable bonds is 10. The van der Waals surface area contributed by atoms with Gasteiger partial charge < -0.3 is 19.9 Å². The molecule has 2 N–H and O–H groups in total. The molecule has 0 aliphatic rings. The molecule has 0 fully saturated rings. The quantitative estimate of drug-likeness (QED) is 0.183. The highest BCUT2D eigenvalue weighted by atomic mass is 16.5. The fraction of sp³-hybridized carbons (Fsp3) is 0.171. The molecule has 8 nitrogen and oxygen atoms in total. The van der Waals surface area contributed by atoms with E-state index < -0.39 is 0 Å². The summed E-state index contributed by atoms with van der Waals surface area (Å²) in [5.74, 6) is 0.793. The third-order valence-electron chi connectivity index (χ3n) is 7.35. The number of carbonyl (C=O) groups is 1. The van der Waals surface area contributed by atoms with E-state index in [1.807, 2.05) is 71.4 Å². The Kier molecular flexibility index (Phi) is 8.02. The summed E-state index contributed by atoms with van der Waals surface area (Å²) in [6, 6.07) is 30.1. The molecule has 216 valence electrons. The zero-order valence-corrected chi connectivity index (χ0v) is 24.1. The van der Waals surface area contributed by atoms with Gasteiger partial charge in [-0.15, -0.1) is 0 Å². The predicted octanol–water partition coefficient (Wildman–Crippen LogP) is 6.65. The number of nitrogen functional groups attached to an aromatic ring is 1. The number of nitrogens with two attached hydrogens (primary N) is 1. The van der Waals surface area contributed by atoms with Crippen LogP contribution in [0.5, 0.6) is 5.75 Å². The second kappa shape index (κ2) is 12.3. The van der Waals surface area contributed by atoms with Crippen molar-refractivity contribution in [2.75, 3.05) is 19.5 Å². The highest BCUT2D eigenvalue weighted by molar-refractivity contribution is 6.02. The highest BCUT2D eigenvalue weighted by Gasteiger charge is 2.17. The minimum atomic E-state index is -0.309. The molecule has 0 radical (unpaired) electrons. The lowest BCUT2D eigenvalue weighted by Gasteiger charge is -2.13. The Morgan fingerprint density at radius 3 is 2.56 bits per heavy atom. The number of hydrogen-bond acceptors (Lipinski definition) is 7. The maximum atomic E-state index is 12.4. The lowest BCUT2D eigenvalue weighted by Crippen LogP contribution is -2.10. The second-order valence-corrected chi connectivity index (χ2v) is 10.2. The molecule has 0 aliphatic carbocycles. The van der Waals surface area contributed by atoms with Crippen LogP contribution in [0.4, 0.5) is 5.82 Å². The standard InChI is InChI=1S/C35H32N4O4/c1-3-42-34(40)20-25-18-23(21-41-2)12-15-33(25)43-22-31-30-19-24(27-10-7-11-29-28(27)16-17-37-35(29)36)13-14-32(30)39(38-31)26-8-5-4-6-9-26/h4-19H,3,20-22H2,1-2H3,(H2,36,37). The molecule has 8 heteroatoms. The number of hydrogen-bond donors (Lipinski definition) is 1. The minimum Gasteiger partial charge on any atom is -0.487 e. The number of anilines is 1. The third kappa shape index (κ3) is 5.78. The smallest absolute Gasteiger partial charge is 0.310 e. The van der Waals surface area contributed by atoms with Crippen LogP contribution in [-0.4, -0.2) is 34.5 Å². The summed E-state index contributed by atoms with van der Waals surface area (Å²) in [6.07, 6.45) is 1.83. The third-order valence-corrected chi connectivity index (χ3v) is 7.35. The Morgan fingerprint density at radius 2 is 1.74 bits per heavy atom. The molecular formula is C35H32N4O4. The van der Waals surface area contributed by atoms with E-state index in [1.165, 1.54) is 0 Å². The van der Waals surface area contributed by atoms with Gasteiger partial charge in [-0.05, 0) is 71.5 Å². The fourth-order valence-electron chi connectivity index (χ4n) is 5.38. The van der Waals surface area contributed by atoms with E-state index in [9.17, 15) is 4.79 Å². The summed E-state index contributed by atoms with van der Waals surface area (Å²) in [5, 5.41) is 7.91. The molecule has 0 amide bonds. The van der Waals surface area contributed by atoms with E-state index >= 15 is 0 Å². The molecular weight excluding hydrogens is 540 g/mol. The number of aromatic nitrogens is 3. The van der Waals surface area contributed by atoms with Crippen LogP contribution in [0.1, 0.15) is 23.7 Å². The SMILES string of the molecule is CCOC(=O)Cc1cc(COC)ccc1OCc1nn(-c2ccccc2)c2ccc(-c3cccc4c(N)nccc34)cc12. The molecule has 0 bridgehead atoms. The van der Waals surface area contributed by atoms with Crippen molar-refractivity contribution in [3.05, 3.63) is 114 Å². The van der Waals surface area contributed by atoms with Crippen molar-refractivity contribution in [3.63, 3.8) is 0 Å². The van der Waals surface area contributed by atoms with Gasteiger partial charge in [-0.3, -0.25) is 4.79 Å². The largest absolute Gasteiger partial charge is 0.487 e. The van der Waals surface area contributed by atoms with Gasteiger partial charge in [-0.2, -0.15) is 5.10 Å². The first kappa shape index (κ1) is 27.9. The van der Waals surface area contributed by atoms with Crippen molar-refractivity contribution in [3.8, 4) is 22.6 Å². The van der Waals surface area contributed by atoms with Gasteiger partial charge in [0.2, 0.25) is 0 Å². The van der Waals surface area contributed by atoms with Crippen LogP contribution in [0.25, 0.3) is 38.5 Å². The lowest BCUT2D eigenvalue weighted by atomic mass is 9.97. The van der Waals surface area contributed by atoms with E-state index in [0.717, 1.165) is 55.3 Å². The molecule has 0 atom stereocenters. The Bertz CT molecular complexity index is 1920. The fourth-order valence-corrected chi connectivity index (χ4v) is 5.38. The molecule has 4 aromatic carbocycles. The number of benzene rings is 4. The number of pyridine rings is 1. The summed E-state index contributed by atoms with van der Waals surface area (Å²) in [6.45, 7) is 2.74. The molecule has 6 aromatic rings. The van der Waals surface area contributed by atoms with Crippen LogP contribution in [0, 0.1) is 0 Å². The van der Waals surface area contributed by atoms with E-state index in [2.05, 4.69) is 29.2 Å². The van der Waals surface area contributed by atoms with E-state index in [0.29, 0.717) is 24.8 Å². The monoisotopic (exact) mass is 572 g/mol. The van der Waals surface area contributed by atoms with Crippen LogP contribution >= 0.6 is 0 Å². The molecule has 0 aliphatic heterocycles. The van der Waals surface area contributed by atoms with Crippen LogP contribution in [-0.2, 0) is 33.9 Å². The van der Waals surface area contributed by atoms with Gasteiger partial charge in [0.15, 0.2) is 0 Å². The number of carbonyl (C=O) groups excluding carboxylic acids is 1. The average Bonchev–Trinajstić information content (AvgIpc) is 3.39. The molecule has 6 rings (SSSR count). The number of para-hydroxylation sites is 1. The topological polar surface area (TPSA) is 101 Å². The second-order valence-electron chi connectivity index (χ2n) is 10.2. The summed E-state index contributed by atoms with van der Waals surface area (Å²) in [7, 11) is 1.64. The van der Waals surface area contributed by atoms with Crippen LogP contribution in [0.3, 0.4) is 0 Å². The van der Waals surface area contributed by atoms with Gasteiger partial charge in [0, 0.05) is 29.6 Å². The van der Waals surface area contributed by atoms with E-state index in [-0.39, 0.29) is 19.0 Å². The Morgan fingerprint density at radius 1 is 0.884 bits per heavy atom. The Balaban J connectivity index is 1.42. The van der Waals surface area contributed by atoms with Crippen LogP contribution < -0.4 is 10.5 Å². The Hall–Kier alpha value is -5.21. The molecule has 0 saturated carbocycles. The minimum absolute atomic E-state index is 0.100. The van der Waals surface area contributed by atoms with Gasteiger partial charge >= 0.3 is 5.97 Å². The average molecular weight is 573 g/mol. The normalized spacial score (nSPS) is 11.2. The summed E-state index contributed by atoms with van der Waals surface area (Å²) in [5.41, 5.74) is 12.6. The molecule has 0 unspecified atom stereocenters. The number of ether oxygens (including phenoxy) is 3. The van der Waals surface area contributed by atoms with Gasteiger partial charge in [0.1, 0.15) is 23.9 Å². The maximum Gasteiger partial charge on any atom is 0.310 e. The molecule has 0 saturated heterocycles. The van der Waals surface area contributed by atoms with Gasteiger partial charge in [0.25, 0.3) is 0 Å². The molecule has 2 aromatic heterocycles. The van der Waals surface area contributed by atoms with E-state index in [1.54, 1.807) is 20.2 Å². The first-order valence-electron chi connectivity index (χ1n) is 14.2. The van der Waals surface area contributed by atoms with Gasteiger partial charge in [-0.1, -0.05) is 48.5 Å². The molecule has 2 heterocycles. The zero-order chi connectivity index (χ0) is 29.8. The van der Waals surface area contributed by atoms with Crippen LogP contribution in [0.2, 0.25) is 0 Å². The van der Waals surface area contributed by atoms with Crippen molar-refractivity contribution in [1.29, 1.82) is 0 Å². The van der Waals surface area contributed by atoms with Gasteiger partial charge in [0.05, 0.1) is 30.8 Å². The summed E-state index contributed by atoms with van der Waals surface area (Å²) < 4.78 is 18.8. The van der Waals surface area contributed by atoms with E-state index in [4.69, 9.17) is 25.0 Å². The molecule has 0 spiro atoms. The summed E-state index contributed by atoms with van der Waals surface area (Å²) in [4.78, 5) is 16.7. The van der Waals surface area contributed by atoms with Crippen molar-refractivity contribution in [1.82, 2.24) is 14.8 Å². The first-order chi connectivity index (χ1) is 21.1. The maximum absolute atomic E-state index is 12.4. The lowest BCUT2D eigenvalue weighted by molar-refractivity contribution is -0.142. The Labute approximate surface area is 249 Å². The number of fused-ring (bicyclic) bond motifs is 2. The summed E-state index contributed by atoms with van der Waals surface area (Å²) >= 11 is 0.